The molecule has 2 atom stereocenters. The molecule has 1 aliphatic rings. The van der Waals surface area contributed by atoms with Gasteiger partial charge in [-0.1, -0.05) is 19.8 Å². The second-order valence-electron chi connectivity index (χ2n) is 5.07. The number of hydrogen-bond donors (Lipinski definition) is 2. The van der Waals surface area contributed by atoms with Crippen molar-refractivity contribution in [1.82, 2.24) is 0 Å². The van der Waals surface area contributed by atoms with E-state index in [1.165, 1.54) is 25.7 Å². The smallest absolute Gasteiger partial charge is 0.337 e. The Bertz CT molecular complexity index is 447. The number of thioether (sulfide) groups is 1. The fraction of sp³-hybridized carbons (Fsp3) is 0.500. The third-order valence-electron chi connectivity index (χ3n) is 3.45. The number of carboxylic acids is 1. The highest BCUT2D eigenvalue weighted by Gasteiger charge is 2.20. The Morgan fingerprint density at radius 3 is 2.89 bits per heavy atom. The Morgan fingerprint density at radius 2 is 2.22 bits per heavy atom. The van der Waals surface area contributed by atoms with E-state index in [2.05, 4.69) is 6.92 Å². The van der Waals surface area contributed by atoms with E-state index < -0.39 is 5.97 Å². The molecule has 0 spiro atoms. The lowest BCUT2D eigenvalue weighted by Gasteiger charge is -2.26. The molecule has 0 aliphatic heterocycles. The molecule has 1 aromatic carbocycles. The molecule has 0 heterocycles. The molecular weight excluding hydrogens is 246 g/mol. The SMILES string of the molecule is CC1CCCC(Sc2ccc(N)c(C(=O)O)c2)C1. The molecule has 3 nitrogen and oxygen atoms in total. The minimum atomic E-state index is -0.952. The van der Waals surface area contributed by atoms with E-state index in [-0.39, 0.29) is 5.56 Å². The lowest BCUT2D eigenvalue weighted by molar-refractivity contribution is 0.0698. The van der Waals surface area contributed by atoms with Gasteiger partial charge < -0.3 is 10.8 Å². The summed E-state index contributed by atoms with van der Waals surface area (Å²) in [7, 11) is 0. The number of carbonyl (C=O) groups is 1. The molecule has 1 saturated carbocycles. The Labute approximate surface area is 112 Å². The normalized spacial score (nSPS) is 23.8. The van der Waals surface area contributed by atoms with Gasteiger partial charge in [0.15, 0.2) is 0 Å². The van der Waals surface area contributed by atoms with Crippen molar-refractivity contribution in [2.75, 3.05) is 5.73 Å². The van der Waals surface area contributed by atoms with E-state index in [0.717, 1.165) is 10.8 Å². The minimum Gasteiger partial charge on any atom is -0.478 e. The molecule has 0 radical (unpaired) electrons. The maximum Gasteiger partial charge on any atom is 0.337 e. The average Bonchev–Trinajstić information content (AvgIpc) is 2.31. The lowest BCUT2D eigenvalue weighted by atomic mass is 9.91. The number of nitrogens with two attached hydrogens (primary N) is 1. The van der Waals surface area contributed by atoms with Crippen LogP contribution in [0.2, 0.25) is 0 Å². The zero-order chi connectivity index (χ0) is 13.1. The molecule has 0 aromatic heterocycles. The van der Waals surface area contributed by atoms with Crippen molar-refractivity contribution in [1.29, 1.82) is 0 Å². The second kappa shape index (κ2) is 5.65. The molecule has 1 fully saturated rings. The Hall–Kier alpha value is -1.16. The first kappa shape index (κ1) is 13.3. The molecule has 0 bridgehead atoms. The van der Waals surface area contributed by atoms with Gasteiger partial charge in [-0.2, -0.15) is 0 Å². The summed E-state index contributed by atoms with van der Waals surface area (Å²) in [4.78, 5) is 12.0. The number of benzene rings is 1. The maximum atomic E-state index is 11.0. The number of carboxylic acid groups (broad SMARTS) is 1. The van der Waals surface area contributed by atoms with Gasteiger partial charge >= 0.3 is 5.97 Å². The summed E-state index contributed by atoms with van der Waals surface area (Å²) in [6.07, 6.45) is 5.04. The molecule has 0 saturated heterocycles. The zero-order valence-electron chi connectivity index (χ0n) is 10.6. The first-order valence-corrected chi connectivity index (χ1v) is 7.23. The summed E-state index contributed by atoms with van der Waals surface area (Å²) >= 11 is 1.79. The van der Waals surface area contributed by atoms with Crippen LogP contribution in [0.1, 0.15) is 43.0 Å². The highest BCUT2D eigenvalue weighted by Crippen LogP contribution is 2.36. The monoisotopic (exact) mass is 265 g/mol. The van der Waals surface area contributed by atoms with E-state index in [9.17, 15) is 4.79 Å². The van der Waals surface area contributed by atoms with Crippen LogP contribution in [0, 0.1) is 5.92 Å². The topological polar surface area (TPSA) is 63.3 Å². The highest BCUT2D eigenvalue weighted by molar-refractivity contribution is 8.00. The Kier molecular flexibility index (Phi) is 4.17. The first-order valence-electron chi connectivity index (χ1n) is 6.35. The van der Waals surface area contributed by atoms with Crippen LogP contribution < -0.4 is 5.73 Å². The summed E-state index contributed by atoms with van der Waals surface area (Å²) in [6, 6.07) is 5.31. The molecule has 1 aromatic rings. The van der Waals surface area contributed by atoms with Crippen LogP contribution in [0.4, 0.5) is 5.69 Å². The Morgan fingerprint density at radius 1 is 1.44 bits per heavy atom. The predicted octanol–water partition coefficient (Wildman–Crippen LogP) is 3.64. The summed E-state index contributed by atoms with van der Waals surface area (Å²) in [5.41, 5.74) is 6.20. The van der Waals surface area contributed by atoms with Crippen molar-refractivity contribution in [3.63, 3.8) is 0 Å². The van der Waals surface area contributed by atoms with Crippen LogP contribution in [0.25, 0.3) is 0 Å². The van der Waals surface area contributed by atoms with Crippen LogP contribution >= 0.6 is 11.8 Å². The molecule has 3 N–H and O–H groups in total. The fourth-order valence-corrected chi connectivity index (χ4v) is 3.90. The lowest BCUT2D eigenvalue weighted by Crippen LogP contribution is -2.15. The van der Waals surface area contributed by atoms with Gasteiger partial charge in [-0.3, -0.25) is 0 Å². The number of aromatic carboxylic acids is 1. The maximum absolute atomic E-state index is 11.0. The number of anilines is 1. The van der Waals surface area contributed by atoms with E-state index >= 15 is 0 Å². The van der Waals surface area contributed by atoms with Crippen molar-refractivity contribution in [3.8, 4) is 0 Å². The molecule has 98 valence electrons. The summed E-state index contributed by atoms with van der Waals surface area (Å²) in [5, 5.41) is 9.66. The number of nitrogen functional groups attached to an aromatic ring is 1. The molecule has 2 unspecified atom stereocenters. The van der Waals surface area contributed by atoms with Crippen molar-refractivity contribution >= 4 is 23.4 Å². The van der Waals surface area contributed by atoms with Gasteiger partial charge in [0.1, 0.15) is 0 Å². The van der Waals surface area contributed by atoms with E-state index in [1.807, 2.05) is 6.07 Å². The van der Waals surface area contributed by atoms with Gasteiger partial charge in [-0.25, -0.2) is 4.79 Å². The van der Waals surface area contributed by atoms with Crippen LogP contribution in [-0.4, -0.2) is 16.3 Å². The van der Waals surface area contributed by atoms with Crippen molar-refractivity contribution < 1.29 is 9.90 Å². The van der Waals surface area contributed by atoms with Crippen molar-refractivity contribution in [2.45, 2.75) is 42.8 Å². The van der Waals surface area contributed by atoms with Gasteiger partial charge in [0, 0.05) is 15.8 Å². The first-order chi connectivity index (χ1) is 8.56. The molecule has 2 rings (SSSR count). The third-order valence-corrected chi connectivity index (χ3v) is 4.73. The van der Waals surface area contributed by atoms with Crippen LogP contribution in [0.3, 0.4) is 0 Å². The third kappa shape index (κ3) is 3.19. The van der Waals surface area contributed by atoms with Crippen molar-refractivity contribution in [2.24, 2.45) is 5.92 Å². The minimum absolute atomic E-state index is 0.212. The molecular formula is C14H19NO2S. The van der Waals surface area contributed by atoms with Crippen LogP contribution in [0.5, 0.6) is 0 Å². The molecule has 4 heteroatoms. The van der Waals surface area contributed by atoms with Gasteiger partial charge in [-0.15, -0.1) is 11.8 Å². The zero-order valence-corrected chi connectivity index (χ0v) is 11.4. The fourth-order valence-electron chi connectivity index (χ4n) is 2.47. The van der Waals surface area contributed by atoms with Gasteiger partial charge in [0.05, 0.1) is 5.56 Å². The van der Waals surface area contributed by atoms with E-state index in [1.54, 1.807) is 23.9 Å². The van der Waals surface area contributed by atoms with Crippen LogP contribution in [0.15, 0.2) is 23.1 Å². The molecule has 1 aliphatic carbocycles. The quantitative estimate of drug-likeness (QED) is 0.819. The van der Waals surface area contributed by atoms with Gasteiger partial charge in [0.2, 0.25) is 0 Å². The summed E-state index contributed by atoms with van der Waals surface area (Å²) < 4.78 is 0. The standard InChI is InChI=1S/C14H19NO2S/c1-9-3-2-4-10(7-9)18-11-5-6-13(15)12(8-11)14(16)17/h5-6,8-10H,2-4,7,15H2,1H3,(H,16,17). The molecule has 0 amide bonds. The summed E-state index contributed by atoms with van der Waals surface area (Å²) in [5.74, 6) is -0.170. The number of hydrogen-bond acceptors (Lipinski definition) is 3. The molecule has 18 heavy (non-hydrogen) atoms. The van der Waals surface area contributed by atoms with Crippen LogP contribution in [-0.2, 0) is 0 Å². The van der Waals surface area contributed by atoms with E-state index in [4.69, 9.17) is 10.8 Å². The highest BCUT2D eigenvalue weighted by atomic mass is 32.2. The average molecular weight is 265 g/mol. The number of rotatable bonds is 3. The summed E-state index contributed by atoms with van der Waals surface area (Å²) in [6.45, 7) is 2.29. The van der Waals surface area contributed by atoms with Gasteiger partial charge in [-0.05, 0) is 37.0 Å². The predicted molar refractivity (Wildman–Crippen MR) is 75.1 cm³/mol. The second-order valence-corrected chi connectivity index (χ2v) is 6.44. The Balaban J connectivity index is 2.09. The van der Waals surface area contributed by atoms with E-state index in [0.29, 0.717) is 10.9 Å². The largest absolute Gasteiger partial charge is 0.478 e. The van der Waals surface area contributed by atoms with Gasteiger partial charge in [0.25, 0.3) is 0 Å². The van der Waals surface area contributed by atoms with Crippen molar-refractivity contribution in [3.05, 3.63) is 23.8 Å².